The van der Waals surface area contributed by atoms with Crippen LogP contribution < -0.4 is 10.1 Å². The van der Waals surface area contributed by atoms with Crippen LogP contribution in [-0.2, 0) is 39.9 Å². The molecule has 3 atom stereocenters. The van der Waals surface area contributed by atoms with Crippen LogP contribution in [0.2, 0.25) is 0 Å². The van der Waals surface area contributed by atoms with Gasteiger partial charge in [0.15, 0.2) is 5.60 Å². The maximum atomic E-state index is 13.6. The number of carbonyl (C=O) groups is 5. The van der Waals surface area contributed by atoms with Crippen LogP contribution in [0.5, 0.6) is 5.75 Å². The van der Waals surface area contributed by atoms with Gasteiger partial charge in [-0.3, -0.25) is 14.4 Å². The van der Waals surface area contributed by atoms with Crippen LogP contribution >= 0.6 is 0 Å². The third kappa shape index (κ3) is 16.1. The van der Waals surface area contributed by atoms with Crippen molar-refractivity contribution >= 4 is 29.6 Å². The smallest absolute Gasteiger partial charge is 0.337 e. The van der Waals surface area contributed by atoms with E-state index in [0.717, 1.165) is 46.3 Å². The number of carboxylic acids is 1. The van der Waals surface area contributed by atoms with Crippen molar-refractivity contribution in [2.24, 2.45) is 5.92 Å². The fourth-order valence-corrected chi connectivity index (χ4v) is 5.04. The molecule has 0 aliphatic rings. The van der Waals surface area contributed by atoms with E-state index in [-0.39, 0.29) is 18.8 Å². The first-order valence-electron chi connectivity index (χ1n) is 16.7. The van der Waals surface area contributed by atoms with Crippen molar-refractivity contribution in [3.63, 3.8) is 0 Å². The van der Waals surface area contributed by atoms with Crippen molar-refractivity contribution in [1.82, 2.24) is 5.32 Å². The van der Waals surface area contributed by atoms with Gasteiger partial charge in [-0.25, -0.2) is 9.59 Å². The number of hydrogen-bond donors (Lipinski definition) is 3. The fourth-order valence-electron chi connectivity index (χ4n) is 5.04. The Balaban J connectivity index is 2.93. The molecule has 0 aromatic heterocycles. The summed E-state index contributed by atoms with van der Waals surface area (Å²) in [5.41, 5.74) is -2.21. The Morgan fingerprint density at radius 2 is 1.54 bits per heavy atom. The Bertz CT molecular complexity index is 1250. The Labute approximate surface area is 284 Å². The number of ketones is 1. The van der Waals surface area contributed by atoms with Crippen molar-refractivity contribution in [2.45, 2.75) is 115 Å². The molecule has 0 spiro atoms. The average molecular weight is 672 g/mol. The summed E-state index contributed by atoms with van der Waals surface area (Å²) < 4.78 is 15.0. The van der Waals surface area contributed by atoms with Gasteiger partial charge >= 0.3 is 17.9 Å². The molecule has 266 valence electrons. The predicted octanol–water partition coefficient (Wildman–Crippen LogP) is 5.11. The van der Waals surface area contributed by atoms with Gasteiger partial charge in [-0.05, 0) is 50.3 Å². The quantitative estimate of drug-likeness (QED) is 0.0550. The molecular formula is C37H53NO10. The van der Waals surface area contributed by atoms with Gasteiger partial charge in [0.1, 0.15) is 24.2 Å². The zero-order valence-electron chi connectivity index (χ0n) is 28.9. The lowest BCUT2D eigenvalue weighted by Crippen LogP contribution is -2.55. The first-order chi connectivity index (χ1) is 23.0. The van der Waals surface area contributed by atoms with Gasteiger partial charge in [0, 0.05) is 19.3 Å². The minimum Gasteiger partial charge on any atom is -0.481 e. The predicted molar refractivity (Wildman–Crippen MR) is 181 cm³/mol. The highest BCUT2D eigenvalue weighted by molar-refractivity contribution is 5.95. The Kier molecular flexibility index (Phi) is 21.0. The molecule has 48 heavy (non-hydrogen) atoms. The van der Waals surface area contributed by atoms with Gasteiger partial charge in [0.2, 0.25) is 5.91 Å². The standard InChI is InChI=1S/C37H53NO10/c1-5-7-9-12-15-18-29(39)19-16-13-10-11-14-17-20-31(37(45,36(43)44)27-33(40)46-3)34(41)38-32(35(42)47-4)26-28-21-23-30(24-22-28)48-25-8-6-2/h17,20-24,31-32,45H,5,7,9-16,18-19,25-27H2,1-4H3,(H,38,41)(H,43,44)/b20-17+/t31-,32+,37+/m1/s1. The van der Waals surface area contributed by atoms with E-state index in [1.54, 1.807) is 37.3 Å². The summed E-state index contributed by atoms with van der Waals surface area (Å²) in [6, 6.07) is 5.53. The van der Waals surface area contributed by atoms with Gasteiger partial charge in [-0.1, -0.05) is 75.7 Å². The number of Topliss-reactive ketones (excluding diaryl/α,β-unsaturated/α-hetero) is 1. The highest BCUT2D eigenvalue weighted by Crippen LogP contribution is 2.26. The zero-order valence-corrected chi connectivity index (χ0v) is 28.9. The van der Waals surface area contributed by atoms with E-state index in [1.165, 1.54) is 25.3 Å². The molecule has 0 saturated heterocycles. The minimum atomic E-state index is -2.86. The van der Waals surface area contributed by atoms with Gasteiger partial charge in [-0.15, -0.1) is 5.92 Å². The number of esters is 2. The second-order valence-electron chi connectivity index (χ2n) is 11.7. The van der Waals surface area contributed by atoms with Gasteiger partial charge in [-0.2, -0.15) is 0 Å². The average Bonchev–Trinajstić information content (AvgIpc) is 3.07. The van der Waals surface area contributed by atoms with Crippen molar-refractivity contribution in [2.75, 3.05) is 20.8 Å². The summed E-state index contributed by atoms with van der Waals surface area (Å²) in [6.07, 6.45) is 12.2. The monoisotopic (exact) mass is 671 g/mol. The van der Waals surface area contributed by atoms with Crippen molar-refractivity contribution in [1.29, 1.82) is 0 Å². The fraction of sp³-hybridized carbons (Fsp3) is 0.595. The maximum Gasteiger partial charge on any atom is 0.337 e. The number of hydrogen-bond acceptors (Lipinski definition) is 9. The molecule has 11 nitrogen and oxygen atoms in total. The minimum absolute atomic E-state index is 0.00620. The van der Waals surface area contributed by atoms with Crippen molar-refractivity contribution in [3.05, 3.63) is 42.0 Å². The number of aliphatic hydroxyl groups is 1. The van der Waals surface area contributed by atoms with Crippen LogP contribution in [0.3, 0.4) is 0 Å². The molecule has 0 bridgehead atoms. The Morgan fingerprint density at radius 3 is 2.10 bits per heavy atom. The number of carboxylic acid groups (broad SMARTS) is 1. The first kappa shape index (κ1) is 41.9. The van der Waals surface area contributed by atoms with E-state index >= 15 is 0 Å². The van der Waals surface area contributed by atoms with Crippen LogP contribution in [0.25, 0.3) is 0 Å². The molecular weight excluding hydrogens is 618 g/mol. The highest BCUT2D eigenvalue weighted by atomic mass is 16.5. The van der Waals surface area contributed by atoms with Crippen molar-refractivity contribution < 1.29 is 48.4 Å². The highest BCUT2D eigenvalue weighted by Gasteiger charge is 2.49. The van der Waals surface area contributed by atoms with Crippen LogP contribution in [0.15, 0.2) is 36.4 Å². The molecule has 0 fully saturated rings. The van der Waals surface area contributed by atoms with E-state index in [0.29, 0.717) is 37.0 Å². The second kappa shape index (κ2) is 24.0. The van der Waals surface area contributed by atoms with Crippen molar-refractivity contribution in [3.8, 4) is 17.6 Å². The molecule has 1 amide bonds. The molecule has 0 saturated carbocycles. The molecule has 1 aromatic rings. The molecule has 0 unspecified atom stereocenters. The van der Waals surface area contributed by atoms with Gasteiger partial charge in [0.05, 0.1) is 26.6 Å². The van der Waals surface area contributed by atoms with E-state index in [2.05, 4.69) is 28.8 Å². The van der Waals surface area contributed by atoms with Crippen LogP contribution in [0, 0.1) is 17.8 Å². The largest absolute Gasteiger partial charge is 0.481 e. The summed E-state index contributed by atoms with van der Waals surface area (Å²) >= 11 is 0. The van der Waals surface area contributed by atoms with Crippen LogP contribution in [0.1, 0.15) is 103 Å². The number of rotatable bonds is 25. The van der Waals surface area contributed by atoms with E-state index in [9.17, 15) is 34.2 Å². The molecule has 3 N–H and O–H groups in total. The number of aliphatic carboxylic acids is 1. The number of unbranched alkanes of at least 4 members (excludes halogenated alkanes) is 8. The molecule has 0 aliphatic heterocycles. The maximum absolute atomic E-state index is 13.6. The normalized spacial score (nSPS) is 13.4. The molecule has 0 aliphatic carbocycles. The number of benzene rings is 1. The lowest BCUT2D eigenvalue weighted by molar-refractivity contribution is -0.173. The number of nitrogens with one attached hydrogen (secondary N) is 1. The summed E-state index contributed by atoms with van der Waals surface area (Å²) in [5, 5.41) is 23.6. The molecule has 0 radical (unpaired) electrons. The number of methoxy groups -OCH3 is 2. The summed E-state index contributed by atoms with van der Waals surface area (Å²) in [7, 11) is 2.19. The molecule has 1 rings (SSSR count). The first-order valence-corrected chi connectivity index (χ1v) is 16.7. The molecule has 11 heteroatoms. The summed E-state index contributed by atoms with van der Waals surface area (Å²) in [5.74, 6) is 0.0153. The third-order valence-electron chi connectivity index (χ3n) is 7.93. The number of amides is 1. The molecule has 0 heterocycles. The van der Waals surface area contributed by atoms with Gasteiger partial charge in [0.25, 0.3) is 0 Å². The zero-order chi connectivity index (χ0) is 35.8. The van der Waals surface area contributed by atoms with E-state index < -0.39 is 47.8 Å². The van der Waals surface area contributed by atoms with E-state index in [1.807, 2.05) is 0 Å². The lowest BCUT2D eigenvalue weighted by atomic mass is 9.82. The number of ether oxygens (including phenoxy) is 3. The lowest BCUT2D eigenvalue weighted by Gasteiger charge is -2.30. The van der Waals surface area contributed by atoms with E-state index in [4.69, 9.17) is 9.47 Å². The SMILES string of the molecule is CC#CCOc1ccc(C[C@H](NC(=O)[C@@H](/C=C/CCCCCCC(=O)CCCCCCC)[C@@](O)(CC(=O)OC)C(=O)O)C(=O)OC)cc1. The Hall–Kier alpha value is -4.17. The summed E-state index contributed by atoms with van der Waals surface area (Å²) in [4.78, 5) is 62.7. The summed E-state index contributed by atoms with van der Waals surface area (Å²) in [6.45, 7) is 4.07. The second-order valence-corrected chi connectivity index (χ2v) is 11.7. The van der Waals surface area contributed by atoms with Crippen LogP contribution in [-0.4, -0.2) is 72.3 Å². The topological polar surface area (TPSA) is 166 Å². The third-order valence-corrected chi connectivity index (χ3v) is 7.93. The Morgan fingerprint density at radius 1 is 0.917 bits per heavy atom. The van der Waals surface area contributed by atoms with Gasteiger partial charge < -0.3 is 29.7 Å². The number of carbonyl (C=O) groups excluding carboxylic acids is 4. The van der Waals surface area contributed by atoms with Crippen LogP contribution in [0.4, 0.5) is 0 Å². The molecule has 1 aromatic carbocycles. The number of allylic oxidation sites excluding steroid dienone is 1.